The highest BCUT2D eigenvalue weighted by Crippen LogP contribution is 2.26. The predicted molar refractivity (Wildman–Crippen MR) is 97.0 cm³/mol. The number of nitrogens with one attached hydrogen (secondary N) is 1. The van der Waals surface area contributed by atoms with E-state index in [1.165, 1.54) is 10.7 Å². The first-order valence-electron chi connectivity index (χ1n) is 7.25. The summed E-state index contributed by atoms with van der Waals surface area (Å²) in [7, 11) is 1.59. The lowest BCUT2D eigenvalue weighted by molar-refractivity contribution is 0.102. The Bertz CT molecular complexity index is 966. The number of halogens is 1. The van der Waals surface area contributed by atoms with Crippen molar-refractivity contribution in [3.05, 3.63) is 81.1 Å². The van der Waals surface area contributed by atoms with Crippen LogP contribution in [0.4, 0.5) is 5.69 Å². The number of amides is 1. The van der Waals surface area contributed by atoms with Gasteiger partial charge in [0.25, 0.3) is 11.5 Å². The predicted octanol–water partition coefficient (Wildman–Crippen LogP) is 3.46. The van der Waals surface area contributed by atoms with Crippen LogP contribution in [0, 0.1) is 0 Å². The second kappa shape index (κ2) is 6.80. The van der Waals surface area contributed by atoms with Crippen LogP contribution in [0.15, 0.2) is 69.9 Å². The van der Waals surface area contributed by atoms with Gasteiger partial charge in [-0.1, -0.05) is 40.2 Å². The van der Waals surface area contributed by atoms with E-state index >= 15 is 0 Å². The zero-order valence-corrected chi connectivity index (χ0v) is 14.4. The lowest BCUT2D eigenvalue weighted by Gasteiger charge is -2.11. The van der Waals surface area contributed by atoms with E-state index in [0.29, 0.717) is 16.9 Å². The molecule has 0 atom stereocenters. The Balaban J connectivity index is 1.96. The molecule has 0 aliphatic heterocycles. The number of carbonyl (C=O) groups excluding carboxylic acids is 1. The topological polar surface area (TPSA) is 64.0 Å². The van der Waals surface area contributed by atoms with Crippen LogP contribution in [0.2, 0.25) is 0 Å². The molecule has 0 radical (unpaired) electrons. The number of aryl methyl sites for hydroxylation is 1. The summed E-state index contributed by atoms with van der Waals surface area (Å²) in [6.07, 6.45) is 0. The van der Waals surface area contributed by atoms with Gasteiger partial charge in [-0.05, 0) is 30.3 Å². The average molecular weight is 384 g/mol. The van der Waals surface area contributed by atoms with Crippen molar-refractivity contribution in [3.8, 4) is 11.3 Å². The Morgan fingerprint density at radius 3 is 2.62 bits per heavy atom. The number of carbonyl (C=O) groups is 1. The summed E-state index contributed by atoms with van der Waals surface area (Å²) >= 11 is 3.36. The molecule has 0 fully saturated rings. The molecule has 2 aromatic carbocycles. The van der Waals surface area contributed by atoms with Crippen molar-refractivity contribution in [2.24, 2.45) is 7.05 Å². The first kappa shape index (κ1) is 16.1. The van der Waals surface area contributed by atoms with Crippen LogP contribution in [-0.2, 0) is 7.05 Å². The minimum atomic E-state index is -0.214. The van der Waals surface area contributed by atoms with Gasteiger partial charge in [-0.2, -0.15) is 5.10 Å². The van der Waals surface area contributed by atoms with Crippen LogP contribution >= 0.6 is 15.9 Å². The summed E-state index contributed by atoms with van der Waals surface area (Å²) in [5.74, 6) is -0.214. The fraction of sp³-hybridized carbons (Fsp3) is 0.0556. The SMILES string of the molecule is Cn1nc(-c2ccccc2NC(=O)c2cccc(Br)c2)ccc1=O. The van der Waals surface area contributed by atoms with Crippen LogP contribution in [0.5, 0.6) is 0 Å². The number of hydrogen-bond acceptors (Lipinski definition) is 3. The molecule has 0 saturated carbocycles. The van der Waals surface area contributed by atoms with Gasteiger partial charge < -0.3 is 5.32 Å². The van der Waals surface area contributed by atoms with Gasteiger partial charge in [-0.15, -0.1) is 0 Å². The minimum Gasteiger partial charge on any atom is -0.321 e. The van der Waals surface area contributed by atoms with Gasteiger partial charge in [0.2, 0.25) is 0 Å². The summed E-state index contributed by atoms with van der Waals surface area (Å²) in [4.78, 5) is 24.0. The molecule has 120 valence electrons. The molecule has 1 N–H and O–H groups in total. The van der Waals surface area contributed by atoms with Gasteiger partial charge >= 0.3 is 0 Å². The quantitative estimate of drug-likeness (QED) is 0.752. The molecule has 0 aliphatic rings. The number of aromatic nitrogens is 2. The first-order chi connectivity index (χ1) is 11.5. The maximum absolute atomic E-state index is 12.5. The highest BCUT2D eigenvalue weighted by Gasteiger charge is 2.11. The third-order valence-corrected chi connectivity index (χ3v) is 3.99. The Morgan fingerprint density at radius 2 is 1.88 bits per heavy atom. The molecule has 3 rings (SSSR count). The first-order valence-corrected chi connectivity index (χ1v) is 8.04. The number of nitrogens with zero attached hydrogens (tertiary/aromatic N) is 2. The molecule has 1 aromatic heterocycles. The van der Waals surface area contributed by atoms with Crippen LogP contribution in [0.1, 0.15) is 10.4 Å². The van der Waals surface area contributed by atoms with E-state index in [4.69, 9.17) is 0 Å². The lowest BCUT2D eigenvalue weighted by Crippen LogP contribution is -2.18. The summed E-state index contributed by atoms with van der Waals surface area (Å²) < 4.78 is 2.10. The molecule has 24 heavy (non-hydrogen) atoms. The van der Waals surface area contributed by atoms with E-state index in [1.54, 1.807) is 37.4 Å². The number of anilines is 1. The normalized spacial score (nSPS) is 10.4. The van der Waals surface area contributed by atoms with E-state index in [9.17, 15) is 9.59 Å². The third kappa shape index (κ3) is 3.44. The lowest BCUT2D eigenvalue weighted by atomic mass is 10.1. The summed E-state index contributed by atoms with van der Waals surface area (Å²) in [6, 6.07) is 17.6. The number of hydrogen-bond donors (Lipinski definition) is 1. The van der Waals surface area contributed by atoms with Crippen LogP contribution in [0.3, 0.4) is 0 Å². The van der Waals surface area contributed by atoms with Gasteiger partial charge in [0.05, 0.1) is 11.4 Å². The van der Waals surface area contributed by atoms with Crippen molar-refractivity contribution in [1.29, 1.82) is 0 Å². The van der Waals surface area contributed by atoms with Crippen molar-refractivity contribution in [1.82, 2.24) is 9.78 Å². The van der Waals surface area contributed by atoms with E-state index in [2.05, 4.69) is 26.3 Å². The largest absolute Gasteiger partial charge is 0.321 e. The van der Waals surface area contributed by atoms with Crippen molar-refractivity contribution in [3.63, 3.8) is 0 Å². The van der Waals surface area contributed by atoms with E-state index in [-0.39, 0.29) is 11.5 Å². The third-order valence-electron chi connectivity index (χ3n) is 3.50. The smallest absolute Gasteiger partial charge is 0.266 e. The Kier molecular flexibility index (Phi) is 4.57. The fourth-order valence-corrected chi connectivity index (χ4v) is 2.68. The Labute approximate surface area is 147 Å². The number of para-hydroxylation sites is 1. The molecule has 5 nitrogen and oxygen atoms in total. The van der Waals surface area contributed by atoms with Crippen LogP contribution in [0.25, 0.3) is 11.3 Å². The second-order valence-electron chi connectivity index (χ2n) is 5.19. The molecule has 1 amide bonds. The molecule has 1 heterocycles. The molecular formula is C18H14BrN3O2. The standard InChI is InChI=1S/C18H14BrN3O2/c1-22-17(23)10-9-16(21-22)14-7-2-3-8-15(14)20-18(24)12-5-4-6-13(19)11-12/h2-11H,1H3,(H,20,24). The fourth-order valence-electron chi connectivity index (χ4n) is 2.29. The maximum Gasteiger partial charge on any atom is 0.266 e. The number of benzene rings is 2. The van der Waals surface area contributed by atoms with E-state index < -0.39 is 0 Å². The molecule has 0 bridgehead atoms. The second-order valence-corrected chi connectivity index (χ2v) is 6.11. The van der Waals surface area contributed by atoms with E-state index in [0.717, 1.165) is 10.0 Å². The van der Waals surface area contributed by atoms with Crippen molar-refractivity contribution in [2.75, 3.05) is 5.32 Å². The highest BCUT2D eigenvalue weighted by atomic mass is 79.9. The Morgan fingerprint density at radius 1 is 1.08 bits per heavy atom. The molecule has 0 saturated heterocycles. The molecule has 3 aromatic rings. The van der Waals surface area contributed by atoms with Gasteiger partial charge in [0, 0.05) is 28.7 Å². The zero-order chi connectivity index (χ0) is 17.1. The van der Waals surface area contributed by atoms with Gasteiger partial charge in [0.1, 0.15) is 0 Å². The molecule has 0 spiro atoms. The Hall–Kier alpha value is -2.73. The molecule has 0 unspecified atom stereocenters. The summed E-state index contributed by atoms with van der Waals surface area (Å²) in [6.45, 7) is 0. The highest BCUT2D eigenvalue weighted by molar-refractivity contribution is 9.10. The van der Waals surface area contributed by atoms with Crippen molar-refractivity contribution < 1.29 is 4.79 Å². The summed E-state index contributed by atoms with van der Waals surface area (Å²) in [5, 5.41) is 7.14. The van der Waals surface area contributed by atoms with E-state index in [1.807, 2.05) is 24.3 Å². The maximum atomic E-state index is 12.5. The molecular weight excluding hydrogens is 370 g/mol. The van der Waals surface area contributed by atoms with Gasteiger partial charge in [-0.25, -0.2) is 4.68 Å². The minimum absolute atomic E-state index is 0.186. The summed E-state index contributed by atoms with van der Waals surface area (Å²) in [5.41, 5.74) is 2.36. The number of rotatable bonds is 3. The monoisotopic (exact) mass is 383 g/mol. The van der Waals surface area contributed by atoms with Gasteiger partial charge in [0.15, 0.2) is 0 Å². The van der Waals surface area contributed by atoms with Crippen LogP contribution < -0.4 is 10.9 Å². The average Bonchev–Trinajstić information content (AvgIpc) is 2.58. The van der Waals surface area contributed by atoms with Crippen molar-refractivity contribution in [2.45, 2.75) is 0 Å². The van der Waals surface area contributed by atoms with Gasteiger partial charge in [-0.3, -0.25) is 9.59 Å². The van der Waals surface area contributed by atoms with Crippen molar-refractivity contribution >= 4 is 27.5 Å². The molecule has 0 aliphatic carbocycles. The zero-order valence-electron chi connectivity index (χ0n) is 12.9. The molecule has 6 heteroatoms. The van der Waals surface area contributed by atoms with Crippen LogP contribution in [-0.4, -0.2) is 15.7 Å².